The van der Waals surface area contributed by atoms with Gasteiger partial charge in [0.1, 0.15) is 5.76 Å². The van der Waals surface area contributed by atoms with Gasteiger partial charge in [-0.3, -0.25) is 0 Å². The van der Waals surface area contributed by atoms with Crippen LogP contribution in [0.1, 0.15) is 17.3 Å². The zero-order valence-corrected chi connectivity index (χ0v) is 11.9. The molecule has 5 nitrogen and oxygen atoms in total. The third-order valence-corrected chi connectivity index (χ3v) is 3.93. The molecule has 1 N–H and O–H groups in total. The minimum absolute atomic E-state index is 0.306. The van der Waals surface area contributed by atoms with Crippen LogP contribution in [0, 0.1) is 13.8 Å². The highest BCUT2D eigenvalue weighted by Gasteiger charge is 2.07. The lowest BCUT2D eigenvalue weighted by Gasteiger charge is -2.04. The highest BCUT2D eigenvalue weighted by molar-refractivity contribution is 7.90. The van der Waals surface area contributed by atoms with Gasteiger partial charge in [0.05, 0.1) is 17.1 Å². The van der Waals surface area contributed by atoms with E-state index < -0.39 is 9.84 Å². The van der Waals surface area contributed by atoms with Crippen molar-refractivity contribution >= 4 is 15.5 Å². The summed E-state index contributed by atoms with van der Waals surface area (Å²) in [7, 11) is -3.15. The van der Waals surface area contributed by atoms with Crippen molar-refractivity contribution in [2.75, 3.05) is 11.6 Å². The molecule has 2 rings (SSSR count). The molecule has 0 atom stereocenters. The monoisotopic (exact) mass is 280 g/mol. The number of anilines is 1. The van der Waals surface area contributed by atoms with Gasteiger partial charge in [0.25, 0.3) is 0 Å². The molecule has 0 saturated carbocycles. The number of nitrogens with one attached hydrogen (secondary N) is 1. The van der Waals surface area contributed by atoms with Gasteiger partial charge in [-0.2, -0.15) is 0 Å². The summed E-state index contributed by atoms with van der Waals surface area (Å²) in [6.45, 7) is 4.23. The lowest BCUT2D eigenvalue weighted by molar-refractivity contribution is 0.478. The second kappa shape index (κ2) is 5.05. The smallest absolute Gasteiger partial charge is 0.213 e. The highest BCUT2D eigenvalue weighted by Crippen LogP contribution is 2.15. The number of aryl methyl sites for hydroxylation is 2. The Morgan fingerprint density at radius 3 is 2.32 bits per heavy atom. The molecule has 6 heteroatoms. The number of rotatable bonds is 4. The van der Waals surface area contributed by atoms with Crippen LogP contribution >= 0.6 is 0 Å². The molecule has 0 radical (unpaired) electrons. The first-order valence-corrected chi connectivity index (χ1v) is 7.72. The number of aromatic nitrogens is 1. The summed E-state index contributed by atoms with van der Waals surface area (Å²) in [5.74, 6) is 1.42. The summed E-state index contributed by atoms with van der Waals surface area (Å²) < 4.78 is 28.1. The fourth-order valence-electron chi connectivity index (χ4n) is 1.61. The third kappa shape index (κ3) is 3.35. The Balaban J connectivity index is 2.04. The number of hydrogen-bond donors (Lipinski definition) is 1. The maximum Gasteiger partial charge on any atom is 0.213 e. The molecule has 1 aromatic heterocycles. The summed E-state index contributed by atoms with van der Waals surface area (Å²) in [5, 5.41) is 3.13. The molecular weight excluding hydrogens is 264 g/mol. The molecule has 19 heavy (non-hydrogen) atoms. The summed E-state index contributed by atoms with van der Waals surface area (Å²) >= 11 is 0. The minimum Gasteiger partial charge on any atom is -0.444 e. The van der Waals surface area contributed by atoms with E-state index >= 15 is 0 Å². The van der Waals surface area contributed by atoms with Crippen LogP contribution in [0.5, 0.6) is 0 Å². The van der Waals surface area contributed by atoms with E-state index in [9.17, 15) is 8.42 Å². The van der Waals surface area contributed by atoms with Gasteiger partial charge >= 0.3 is 0 Å². The number of benzene rings is 1. The van der Waals surface area contributed by atoms with E-state index in [0.29, 0.717) is 17.3 Å². The normalized spacial score (nSPS) is 11.5. The Morgan fingerprint density at radius 1 is 1.21 bits per heavy atom. The lowest BCUT2D eigenvalue weighted by Crippen LogP contribution is -2.01. The van der Waals surface area contributed by atoms with E-state index in [1.165, 1.54) is 6.26 Å². The van der Waals surface area contributed by atoms with Crippen LogP contribution in [-0.2, 0) is 16.4 Å². The Hall–Kier alpha value is -1.82. The van der Waals surface area contributed by atoms with Gasteiger partial charge in [0, 0.05) is 11.9 Å². The van der Waals surface area contributed by atoms with Crippen LogP contribution in [0.2, 0.25) is 0 Å². The minimum atomic E-state index is -3.15. The average Bonchev–Trinajstić information content (AvgIpc) is 2.66. The van der Waals surface area contributed by atoms with Crippen LogP contribution in [0.3, 0.4) is 0 Å². The van der Waals surface area contributed by atoms with Crippen LogP contribution in [-0.4, -0.2) is 19.7 Å². The summed E-state index contributed by atoms with van der Waals surface area (Å²) in [4.78, 5) is 4.56. The molecule has 0 fully saturated rings. The molecule has 1 heterocycles. The van der Waals surface area contributed by atoms with Gasteiger partial charge in [-0.15, -0.1) is 0 Å². The predicted molar refractivity (Wildman–Crippen MR) is 72.9 cm³/mol. The molecule has 0 aliphatic carbocycles. The van der Waals surface area contributed by atoms with E-state index in [4.69, 9.17) is 4.42 Å². The first-order valence-electron chi connectivity index (χ1n) is 5.83. The van der Waals surface area contributed by atoms with Crippen molar-refractivity contribution in [2.24, 2.45) is 0 Å². The van der Waals surface area contributed by atoms with Crippen molar-refractivity contribution in [3.8, 4) is 0 Å². The van der Waals surface area contributed by atoms with Crippen LogP contribution < -0.4 is 5.32 Å². The van der Waals surface area contributed by atoms with Crippen molar-refractivity contribution < 1.29 is 12.8 Å². The molecule has 0 bridgehead atoms. The average molecular weight is 280 g/mol. The molecule has 0 amide bonds. The fraction of sp³-hybridized carbons (Fsp3) is 0.308. The molecular formula is C13H16N2O3S. The SMILES string of the molecule is Cc1nc(CNc2ccc(S(C)(=O)=O)cc2)oc1C. The van der Waals surface area contributed by atoms with Gasteiger partial charge in [0.2, 0.25) is 5.89 Å². The largest absolute Gasteiger partial charge is 0.444 e. The highest BCUT2D eigenvalue weighted by atomic mass is 32.2. The zero-order valence-electron chi connectivity index (χ0n) is 11.1. The van der Waals surface area contributed by atoms with Gasteiger partial charge < -0.3 is 9.73 Å². The zero-order chi connectivity index (χ0) is 14.0. The fourth-order valence-corrected chi connectivity index (χ4v) is 2.24. The molecule has 2 aromatic rings. The van der Waals surface area contributed by atoms with Crippen molar-refractivity contribution in [3.05, 3.63) is 41.6 Å². The van der Waals surface area contributed by atoms with Gasteiger partial charge in [0.15, 0.2) is 9.84 Å². The van der Waals surface area contributed by atoms with E-state index in [2.05, 4.69) is 10.3 Å². The molecule has 0 aliphatic heterocycles. The van der Waals surface area contributed by atoms with Crippen LogP contribution in [0.15, 0.2) is 33.6 Å². The van der Waals surface area contributed by atoms with E-state index in [1.807, 2.05) is 13.8 Å². The molecule has 0 saturated heterocycles. The van der Waals surface area contributed by atoms with Gasteiger partial charge in [-0.05, 0) is 38.1 Å². The van der Waals surface area contributed by atoms with Gasteiger partial charge in [-0.25, -0.2) is 13.4 Å². The van der Waals surface area contributed by atoms with Crippen molar-refractivity contribution in [3.63, 3.8) is 0 Å². The van der Waals surface area contributed by atoms with E-state index in [1.54, 1.807) is 24.3 Å². The first-order chi connectivity index (χ1) is 8.86. The predicted octanol–water partition coefficient (Wildman–Crippen LogP) is 2.31. The molecule has 0 spiro atoms. The Bertz CT molecular complexity index is 653. The molecule has 1 aromatic carbocycles. The molecule has 0 unspecified atom stereocenters. The quantitative estimate of drug-likeness (QED) is 0.930. The van der Waals surface area contributed by atoms with Gasteiger partial charge in [-0.1, -0.05) is 0 Å². The second-order valence-corrected chi connectivity index (χ2v) is 6.42. The summed E-state index contributed by atoms with van der Waals surface area (Å²) in [6, 6.07) is 6.59. The maximum atomic E-state index is 11.3. The summed E-state index contributed by atoms with van der Waals surface area (Å²) in [6.07, 6.45) is 1.19. The van der Waals surface area contributed by atoms with Crippen molar-refractivity contribution in [2.45, 2.75) is 25.3 Å². The number of oxazole rings is 1. The van der Waals surface area contributed by atoms with E-state index in [0.717, 1.165) is 17.1 Å². The maximum absolute atomic E-state index is 11.3. The second-order valence-electron chi connectivity index (χ2n) is 4.40. The molecule has 102 valence electrons. The Kier molecular flexibility index (Phi) is 3.61. The number of hydrogen-bond acceptors (Lipinski definition) is 5. The standard InChI is InChI=1S/C13H16N2O3S/c1-9-10(2)18-13(15-9)8-14-11-4-6-12(7-5-11)19(3,16)17/h4-7,14H,8H2,1-3H3. The van der Waals surface area contributed by atoms with Crippen molar-refractivity contribution in [1.82, 2.24) is 4.98 Å². The number of sulfone groups is 1. The first kappa shape index (κ1) is 13.6. The Labute approximate surface area is 112 Å². The van der Waals surface area contributed by atoms with Crippen LogP contribution in [0.4, 0.5) is 5.69 Å². The Morgan fingerprint density at radius 2 is 1.84 bits per heavy atom. The lowest BCUT2D eigenvalue weighted by atomic mass is 10.3. The third-order valence-electron chi connectivity index (χ3n) is 2.80. The van der Waals surface area contributed by atoms with Crippen molar-refractivity contribution in [1.29, 1.82) is 0 Å². The number of nitrogens with zero attached hydrogens (tertiary/aromatic N) is 1. The van der Waals surface area contributed by atoms with E-state index in [-0.39, 0.29) is 0 Å². The molecule has 0 aliphatic rings. The topological polar surface area (TPSA) is 72.2 Å². The summed E-state index contributed by atoms with van der Waals surface area (Å²) in [5.41, 5.74) is 1.70. The van der Waals surface area contributed by atoms with Crippen LogP contribution in [0.25, 0.3) is 0 Å².